The third kappa shape index (κ3) is 2.88. The van der Waals surface area contributed by atoms with E-state index in [1.54, 1.807) is 25.1 Å². The Labute approximate surface area is 116 Å². The summed E-state index contributed by atoms with van der Waals surface area (Å²) in [6.45, 7) is 1.64. The highest BCUT2D eigenvalue weighted by Crippen LogP contribution is 2.22. The van der Waals surface area contributed by atoms with Crippen LogP contribution in [0.5, 0.6) is 5.75 Å². The number of nitrogens with two attached hydrogens (primary N) is 1. The van der Waals surface area contributed by atoms with Crippen LogP contribution in [0.25, 0.3) is 0 Å². The molecule has 0 aliphatic rings. The van der Waals surface area contributed by atoms with Crippen molar-refractivity contribution in [3.63, 3.8) is 0 Å². The van der Waals surface area contributed by atoms with Crippen molar-refractivity contribution >= 4 is 17.3 Å². The van der Waals surface area contributed by atoms with Crippen molar-refractivity contribution in [1.29, 1.82) is 0 Å². The van der Waals surface area contributed by atoms with E-state index >= 15 is 0 Å². The van der Waals surface area contributed by atoms with Gasteiger partial charge in [-0.25, -0.2) is 4.39 Å². The minimum Gasteiger partial charge on any atom is -0.495 e. The number of carbonyl (C=O) groups is 1. The Morgan fingerprint density at radius 1 is 1.25 bits per heavy atom. The molecule has 0 unspecified atom stereocenters. The molecule has 0 radical (unpaired) electrons. The first kappa shape index (κ1) is 13.9. The van der Waals surface area contributed by atoms with Gasteiger partial charge in [0.1, 0.15) is 11.6 Å². The average Bonchev–Trinajstić information content (AvgIpc) is 2.42. The zero-order valence-corrected chi connectivity index (χ0v) is 11.2. The first-order valence-electron chi connectivity index (χ1n) is 6.02. The Bertz CT molecular complexity index is 656. The number of amides is 1. The number of carbonyl (C=O) groups excluding carboxylic acids is 1. The van der Waals surface area contributed by atoms with Crippen molar-refractivity contribution in [2.75, 3.05) is 18.2 Å². The summed E-state index contributed by atoms with van der Waals surface area (Å²) in [6, 6.07) is 9.16. The molecule has 0 heterocycles. The predicted octanol–water partition coefficient (Wildman–Crippen LogP) is 2.98. The molecule has 2 aromatic rings. The second kappa shape index (κ2) is 5.61. The van der Waals surface area contributed by atoms with Gasteiger partial charge in [0.2, 0.25) is 0 Å². The van der Waals surface area contributed by atoms with Gasteiger partial charge < -0.3 is 15.8 Å². The van der Waals surface area contributed by atoms with E-state index < -0.39 is 0 Å². The molecule has 0 saturated heterocycles. The van der Waals surface area contributed by atoms with Crippen LogP contribution in [0.1, 0.15) is 15.9 Å². The van der Waals surface area contributed by atoms with Crippen molar-refractivity contribution in [1.82, 2.24) is 0 Å². The highest BCUT2D eigenvalue weighted by Gasteiger charge is 2.09. The fraction of sp³-hybridized carbons (Fsp3) is 0.133. The maximum absolute atomic E-state index is 13.2. The van der Waals surface area contributed by atoms with Gasteiger partial charge in [0.05, 0.1) is 12.8 Å². The Kier molecular flexibility index (Phi) is 3.89. The number of nitrogen functional groups attached to an aromatic ring is 1. The molecule has 2 rings (SSSR count). The third-order valence-electron chi connectivity index (χ3n) is 2.91. The highest BCUT2D eigenvalue weighted by atomic mass is 19.1. The van der Waals surface area contributed by atoms with Gasteiger partial charge in [-0.3, -0.25) is 4.79 Å². The molecular formula is C15H15FN2O2. The standard InChI is InChI=1S/C15H15FN2O2/c1-9-7-11(4-5-12(9)16)18-15(19)10-3-6-14(20-2)13(17)8-10/h3-8H,17H2,1-2H3,(H,18,19). The first-order valence-corrected chi connectivity index (χ1v) is 6.02. The van der Waals surface area contributed by atoms with Gasteiger partial charge in [0.15, 0.2) is 0 Å². The Morgan fingerprint density at radius 3 is 2.60 bits per heavy atom. The third-order valence-corrected chi connectivity index (χ3v) is 2.91. The van der Waals surface area contributed by atoms with Gasteiger partial charge in [-0.1, -0.05) is 0 Å². The van der Waals surface area contributed by atoms with Gasteiger partial charge in [-0.15, -0.1) is 0 Å². The van der Waals surface area contributed by atoms with Gasteiger partial charge in [0, 0.05) is 11.3 Å². The van der Waals surface area contributed by atoms with Crippen LogP contribution in [0.2, 0.25) is 0 Å². The number of methoxy groups -OCH3 is 1. The van der Waals surface area contributed by atoms with E-state index in [0.717, 1.165) is 0 Å². The van der Waals surface area contributed by atoms with E-state index in [1.165, 1.54) is 25.3 Å². The van der Waals surface area contributed by atoms with Crippen LogP contribution in [0, 0.1) is 12.7 Å². The SMILES string of the molecule is COc1ccc(C(=O)Nc2ccc(F)c(C)c2)cc1N. The van der Waals surface area contributed by atoms with Crippen molar-refractivity contribution in [2.45, 2.75) is 6.92 Å². The summed E-state index contributed by atoms with van der Waals surface area (Å²) in [5, 5.41) is 2.69. The fourth-order valence-electron chi connectivity index (χ4n) is 1.80. The molecule has 104 valence electrons. The first-order chi connectivity index (χ1) is 9.51. The van der Waals surface area contributed by atoms with Crippen LogP contribution in [-0.2, 0) is 0 Å². The van der Waals surface area contributed by atoms with Gasteiger partial charge >= 0.3 is 0 Å². The summed E-state index contributed by atoms with van der Waals surface area (Å²) < 4.78 is 18.2. The van der Waals surface area contributed by atoms with E-state index in [4.69, 9.17) is 10.5 Å². The van der Waals surface area contributed by atoms with E-state index in [-0.39, 0.29) is 11.7 Å². The molecule has 0 saturated carbocycles. The summed E-state index contributed by atoms with van der Waals surface area (Å²) in [4.78, 5) is 12.1. The van der Waals surface area contributed by atoms with Crippen molar-refractivity contribution in [3.05, 3.63) is 53.3 Å². The number of halogens is 1. The van der Waals surface area contributed by atoms with Crippen LogP contribution in [-0.4, -0.2) is 13.0 Å². The number of hydrogen-bond acceptors (Lipinski definition) is 3. The van der Waals surface area contributed by atoms with Crippen LogP contribution in [0.3, 0.4) is 0 Å². The molecule has 0 fully saturated rings. The zero-order valence-electron chi connectivity index (χ0n) is 11.2. The number of rotatable bonds is 3. The maximum Gasteiger partial charge on any atom is 0.255 e. The number of anilines is 2. The largest absolute Gasteiger partial charge is 0.495 e. The molecule has 2 aromatic carbocycles. The summed E-state index contributed by atoms with van der Waals surface area (Å²) in [7, 11) is 1.51. The quantitative estimate of drug-likeness (QED) is 0.846. The number of hydrogen-bond donors (Lipinski definition) is 2. The van der Waals surface area contributed by atoms with E-state index in [1.807, 2.05) is 0 Å². The Morgan fingerprint density at radius 2 is 2.00 bits per heavy atom. The van der Waals surface area contributed by atoms with E-state index in [2.05, 4.69) is 5.32 Å². The van der Waals surface area contributed by atoms with Crippen molar-refractivity contribution in [3.8, 4) is 5.75 Å². The molecule has 0 aliphatic heterocycles. The highest BCUT2D eigenvalue weighted by molar-refractivity contribution is 6.05. The lowest BCUT2D eigenvalue weighted by Crippen LogP contribution is -2.12. The summed E-state index contributed by atoms with van der Waals surface area (Å²) in [6.07, 6.45) is 0. The maximum atomic E-state index is 13.2. The minimum atomic E-state index is -0.314. The number of benzene rings is 2. The summed E-state index contributed by atoms with van der Waals surface area (Å²) in [5.74, 6) is -0.110. The fourth-order valence-corrected chi connectivity index (χ4v) is 1.80. The van der Waals surface area contributed by atoms with Gasteiger partial charge in [0.25, 0.3) is 5.91 Å². The number of ether oxygens (including phenoxy) is 1. The van der Waals surface area contributed by atoms with Crippen molar-refractivity contribution < 1.29 is 13.9 Å². The van der Waals surface area contributed by atoms with Crippen LogP contribution in [0.4, 0.5) is 15.8 Å². The van der Waals surface area contributed by atoms with Crippen LogP contribution in [0.15, 0.2) is 36.4 Å². The lowest BCUT2D eigenvalue weighted by atomic mass is 10.1. The molecule has 0 bridgehead atoms. The lowest BCUT2D eigenvalue weighted by Gasteiger charge is -2.09. The van der Waals surface area contributed by atoms with E-state index in [0.29, 0.717) is 28.3 Å². The molecule has 0 aliphatic carbocycles. The molecule has 20 heavy (non-hydrogen) atoms. The molecule has 1 amide bonds. The van der Waals surface area contributed by atoms with Crippen molar-refractivity contribution in [2.24, 2.45) is 0 Å². The lowest BCUT2D eigenvalue weighted by molar-refractivity contribution is 0.102. The van der Waals surface area contributed by atoms with Gasteiger partial charge in [-0.05, 0) is 48.9 Å². The zero-order chi connectivity index (χ0) is 14.7. The normalized spacial score (nSPS) is 10.2. The molecular weight excluding hydrogens is 259 g/mol. The topological polar surface area (TPSA) is 64.3 Å². The van der Waals surface area contributed by atoms with Crippen LogP contribution < -0.4 is 15.8 Å². The molecule has 0 spiro atoms. The monoisotopic (exact) mass is 274 g/mol. The van der Waals surface area contributed by atoms with Crippen LogP contribution >= 0.6 is 0 Å². The molecule has 0 atom stereocenters. The smallest absolute Gasteiger partial charge is 0.255 e. The number of aryl methyl sites for hydroxylation is 1. The molecule has 4 nitrogen and oxygen atoms in total. The van der Waals surface area contributed by atoms with Gasteiger partial charge in [-0.2, -0.15) is 0 Å². The Hall–Kier alpha value is -2.56. The molecule has 3 N–H and O–H groups in total. The molecule has 0 aromatic heterocycles. The second-order valence-corrected chi connectivity index (χ2v) is 4.37. The molecule has 5 heteroatoms. The average molecular weight is 274 g/mol. The predicted molar refractivity (Wildman–Crippen MR) is 76.5 cm³/mol. The number of nitrogens with one attached hydrogen (secondary N) is 1. The summed E-state index contributed by atoms with van der Waals surface area (Å²) >= 11 is 0. The minimum absolute atomic E-state index is 0.309. The summed E-state index contributed by atoms with van der Waals surface area (Å²) in [5.41, 5.74) is 7.55. The second-order valence-electron chi connectivity index (χ2n) is 4.37. The Balaban J connectivity index is 2.19. The van der Waals surface area contributed by atoms with E-state index in [9.17, 15) is 9.18 Å².